The lowest BCUT2D eigenvalue weighted by Crippen LogP contribution is -2.34. The number of amides is 2. The molecule has 0 radical (unpaired) electrons. The van der Waals surface area contributed by atoms with Crippen LogP contribution >= 0.6 is 0 Å². The van der Waals surface area contributed by atoms with Crippen LogP contribution in [-0.2, 0) is 30.6 Å². The Balaban J connectivity index is 1.72. The molecule has 13 heteroatoms. The van der Waals surface area contributed by atoms with Crippen molar-refractivity contribution in [3.63, 3.8) is 0 Å². The van der Waals surface area contributed by atoms with Crippen molar-refractivity contribution in [2.24, 2.45) is 0 Å². The maximum atomic E-state index is 13.0. The normalized spacial score (nSPS) is 14.3. The minimum atomic E-state index is -3.58. The Bertz CT molecular complexity index is 1270. The van der Waals surface area contributed by atoms with Crippen molar-refractivity contribution in [1.29, 1.82) is 0 Å². The number of nitrogens with one attached hydrogen (secondary N) is 1. The van der Waals surface area contributed by atoms with E-state index >= 15 is 0 Å². The van der Waals surface area contributed by atoms with Gasteiger partial charge in [0.2, 0.25) is 0 Å². The Labute approximate surface area is 229 Å². The van der Waals surface area contributed by atoms with Gasteiger partial charge in [0.15, 0.2) is 9.84 Å². The van der Waals surface area contributed by atoms with Crippen LogP contribution in [0.3, 0.4) is 0 Å². The predicted octanol–water partition coefficient (Wildman–Crippen LogP) is 2.61. The first-order chi connectivity index (χ1) is 18.2. The summed E-state index contributed by atoms with van der Waals surface area (Å²) in [6.07, 6.45) is -0.837. The third-order valence-corrected chi connectivity index (χ3v) is 8.31. The van der Waals surface area contributed by atoms with Gasteiger partial charge in [-0.2, -0.15) is 0 Å². The Kier molecular flexibility index (Phi) is 9.65. The van der Waals surface area contributed by atoms with E-state index in [1.54, 1.807) is 32.9 Å². The number of anilines is 1. The van der Waals surface area contributed by atoms with Gasteiger partial charge in [-0.05, 0) is 68.4 Å². The zero-order chi connectivity index (χ0) is 29.0. The van der Waals surface area contributed by atoms with Gasteiger partial charge in [-0.3, -0.25) is 5.32 Å². The average Bonchev–Trinajstić information content (AvgIpc) is 3.70. The lowest BCUT2D eigenvalue weighted by atomic mass is 9.80. The second-order valence-corrected chi connectivity index (χ2v) is 12.6. The van der Waals surface area contributed by atoms with Crippen LogP contribution in [0.25, 0.3) is 0 Å². The summed E-state index contributed by atoms with van der Waals surface area (Å²) in [5.41, 5.74) is 0.889. The van der Waals surface area contributed by atoms with Gasteiger partial charge < -0.3 is 29.2 Å². The van der Waals surface area contributed by atoms with Gasteiger partial charge in [0.1, 0.15) is 18.3 Å². The van der Waals surface area contributed by atoms with Crippen LogP contribution in [0, 0.1) is 0 Å². The number of sulfone groups is 1. The summed E-state index contributed by atoms with van der Waals surface area (Å²) in [5.74, 6) is 0. The molecule has 2 aromatic rings. The zero-order valence-corrected chi connectivity index (χ0v) is 23.5. The molecule has 39 heavy (non-hydrogen) atoms. The highest BCUT2D eigenvalue weighted by Crippen LogP contribution is 2.36. The number of hydrogen-bond donors (Lipinski definition) is 3. The lowest BCUT2D eigenvalue weighted by molar-refractivity contribution is 0.0283. The van der Waals surface area contributed by atoms with Crippen LogP contribution in [0.15, 0.2) is 47.4 Å². The van der Waals surface area contributed by atoms with E-state index in [0.29, 0.717) is 29.4 Å². The van der Waals surface area contributed by atoms with Crippen LogP contribution in [0.1, 0.15) is 50.8 Å². The largest absolute Gasteiger partial charge is 0.488 e. The van der Waals surface area contributed by atoms with Crippen LogP contribution < -0.4 is 10.8 Å². The minimum absolute atomic E-state index is 0.0506. The van der Waals surface area contributed by atoms with Crippen molar-refractivity contribution in [1.82, 2.24) is 4.90 Å². The van der Waals surface area contributed by atoms with Gasteiger partial charge in [0, 0.05) is 19.8 Å². The Morgan fingerprint density at radius 2 is 1.77 bits per heavy atom. The van der Waals surface area contributed by atoms with E-state index in [4.69, 9.17) is 14.2 Å². The first-order valence-electron chi connectivity index (χ1n) is 12.4. The molecule has 1 aliphatic carbocycles. The molecule has 0 unspecified atom stereocenters. The fourth-order valence-electron chi connectivity index (χ4n) is 3.76. The summed E-state index contributed by atoms with van der Waals surface area (Å²) in [4.78, 5) is 26.4. The second-order valence-electron chi connectivity index (χ2n) is 10.4. The molecule has 0 aliphatic heterocycles. The van der Waals surface area contributed by atoms with Gasteiger partial charge in [-0.1, -0.05) is 24.3 Å². The fraction of sp³-hybridized carbons (Fsp3) is 0.462. The van der Waals surface area contributed by atoms with E-state index in [1.807, 2.05) is 0 Å². The first kappa shape index (κ1) is 30.4. The molecule has 1 aliphatic rings. The van der Waals surface area contributed by atoms with Crippen molar-refractivity contribution in [3.8, 4) is 0 Å². The van der Waals surface area contributed by atoms with Crippen LogP contribution in [0.5, 0.6) is 0 Å². The van der Waals surface area contributed by atoms with E-state index < -0.39 is 46.1 Å². The summed E-state index contributed by atoms with van der Waals surface area (Å²) in [7, 11) is -2.22. The van der Waals surface area contributed by atoms with Gasteiger partial charge in [0.05, 0.1) is 16.7 Å². The summed E-state index contributed by atoms with van der Waals surface area (Å²) >= 11 is 0. The summed E-state index contributed by atoms with van der Waals surface area (Å²) in [6, 6.07) is 10.7. The van der Waals surface area contributed by atoms with E-state index in [-0.39, 0.29) is 23.7 Å². The third kappa shape index (κ3) is 8.43. The molecular weight excluding hydrogens is 527 g/mol. The lowest BCUT2D eigenvalue weighted by Gasteiger charge is -2.25. The molecule has 2 aromatic carbocycles. The molecule has 0 saturated heterocycles. The predicted molar refractivity (Wildman–Crippen MR) is 145 cm³/mol. The molecule has 0 heterocycles. The number of carbonyl (C=O) groups is 2. The van der Waals surface area contributed by atoms with Crippen LogP contribution in [-0.4, -0.2) is 74.3 Å². The summed E-state index contributed by atoms with van der Waals surface area (Å²) in [6.45, 7) is 5.03. The molecule has 1 atom stereocenters. The highest BCUT2D eigenvalue weighted by atomic mass is 32.2. The Hall–Kier alpha value is -3.13. The molecule has 1 saturated carbocycles. The molecular formula is C26H35BN2O9S. The Morgan fingerprint density at radius 3 is 2.31 bits per heavy atom. The molecule has 1 fully saturated rings. The summed E-state index contributed by atoms with van der Waals surface area (Å²) < 4.78 is 42.2. The third-order valence-electron chi connectivity index (χ3n) is 5.95. The fourth-order valence-corrected chi connectivity index (χ4v) is 5.63. The SMILES string of the molecule is CO[C@@H](COC(=O)Nc1ccc(S(=O)(=O)C2CC2)c(CN(C)C(=O)OC(C)(C)C)c1)c1ccc(B(O)O)cc1. The molecule has 2 amide bonds. The second kappa shape index (κ2) is 12.4. The molecule has 3 rings (SSSR count). The topological polar surface area (TPSA) is 152 Å². The van der Waals surface area contributed by atoms with Crippen molar-refractivity contribution in [2.45, 2.75) is 62.0 Å². The van der Waals surface area contributed by atoms with Crippen LogP contribution in [0.2, 0.25) is 0 Å². The molecule has 3 N–H and O–H groups in total. The number of hydrogen-bond acceptors (Lipinski definition) is 9. The number of benzene rings is 2. The van der Waals surface area contributed by atoms with Crippen LogP contribution in [0.4, 0.5) is 15.3 Å². The van der Waals surface area contributed by atoms with Gasteiger partial charge in [-0.15, -0.1) is 0 Å². The standard InChI is InChI=1S/C26H35BN2O9S/c1-26(2,3)38-25(31)29(4)15-18-14-20(10-13-23(18)39(34,35)21-11-12-21)28-24(30)37-16-22(36-5)17-6-8-19(9-7-17)27(32)33/h6-10,13-14,21-22,32-33H,11-12,15-16H2,1-5H3,(H,28,30)/t22-/m0/s1. The van der Waals surface area contributed by atoms with Crippen molar-refractivity contribution in [3.05, 3.63) is 53.6 Å². The number of rotatable bonds is 10. The molecule has 0 bridgehead atoms. The maximum absolute atomic E-state index is 13.0. The van der Waals surface area contributed by atoms with E-state index in [1.165, 1.54) is 49.4 Å². The first-order valence-corrected chi connectivity index (χ1v) is 14.0. The molecule has 0 spiro atoms. The number of methoxy groups -OCH3 is 1. The van der Waals surface area contributed by atoms with Crippen molar-refractivity contribution in [2.75, 3.05) is 26.1 Å². The highest BCUT2D eigenvalue weighted by Gasteiger charge is 2.38. The van der Waals surface area contributed by atoms with Crippen molar-refractivity contribution >= 4 is 40.3 Å². The number of carbonyl (C=O) groups excluding carboxylic acids is 2. The van der Waals surface area contributed by atoms with Gasteiger partial charge >= 0.3 is 19.3 Å². The number of nitrogens with zero attached hydrogens (tertiary/aromatic N) is 1. The van der Waals surface area contributed by atoms with E-state index in [0.717, 1.165) is 0 Å². The number of ether oxygens (including phenoxy) is 3. The van der Waals surface area contributed by atoms with E-state index in [2.05, 4.69) is 5.32 Å². The summed E-state index contributed by atoms with van der Waals surface area (Å²) in [5, 5.41) is 20.6. The minimum Gasteiger partial charge on any atom is -0.446 e. The smallest absolute Gasteiger partial charge is 0.446 e. The quantitative estimate of drug-likeness (QED) is 0.371. The molecule has 11 nitrogen and oxygen atoms in total. The highest BCUT2D eigenvalue weighted by molar-refractivity contribution is 7.92. The zero-order valence-electron chi connectivity index (χ0n) is 22.7. The monoisotopic (exact) mass is 562 g/mol. The maximum Gasteiger partial charge on any atom is 0.488 e. The van der Waals surface area contributed by atoms with Gasteiger partial charge in [0.25, 0.3) is 0 Å². The molecule has 0 aromatic heterocycles. The van der Waals surface area contributed by atoms with Gasteiger partial charge in [-0.25, -0.2) is 18.0 Å². The average molecular weight is 562 g/mol. The Morgan fingerprint density at radius 1 is 1.13 bits per heavy atom. The van der Waals surface area contributed by atoms with Crippen molar-refractivity contribution < 1.29 is 42.3 Å². The molecule has 212 valence electrons. The van der Waals surface area contributed by atoms with E-state index in [9.17, 15) is 28.1 Å².